The second-order valence-corrected chi connectivity index (χ2v) is 6.22. The summed E-state index contributed by atoms with van der Waals surface area (Å²) in [5, 5.41) is 1.76. The monoisotopic (exact) mass is 310 g/mol. The second-order valence-electron chi connectivity index (χ2n) is 5.50. The Balaban J connectivity index is 1.82. The van der Waals surface area contributed by atoms with Gasteiger partial charge in [-0.2, -0.15) is 0 Å². The van der Waals surface area contributed by atoms with Crippen LogP contribution in [0.5, 0.6) is 0 Å². The molecule has 114 valence electrons. The molecule has 6 nitrogen and oxygen atoms in total. The van der Waals surface area contributed by atoms with E-state index in [0.29, 0.717) is 12.1 Å². The van der Waals surface area contributed by atoms with Gasteiger partial charge in [-0.25, -0.2) is 9.78 Å². The van der Waals surface area contributed by atoms with Crippen LogP contribution in [0.4, 0.5) is 0 Å². The Labute approximate surface area is 127 Å². The summed E-state index contributed by atoms with van der Waals surface area (Å²) >= 11 is 1.40. The summed E-state index contributed by atoms with van der Waals surface area (Å²) in [5.41, 5.74) is 2.12. The van der Waals surface area contributed by atoms with Gasteiger partial charge < -0.3 is 14.4 Å². The largest absolute Gasteiger partial charge is 0.467 e. The van der Waals surface area contributed by atoms with Gasteiger partial charge in [0.15, 0.2) is 6.10 Å². The number of rotatable bonds is 2. The zero-order valence-electron chi connectivity index (χ0n) is 12.0. The number of thiazole rings is 1. The highest BCUT2D eigenvalue weighted by atomic mass is 32.1. The highest BCUT2D eigenvalue weighted by Gasteiger charge is 2.48. The number of methoxy groups -OCH3 is 1. The van der Waals surface area contributed by atoms with E-state index in [1.165, 1.54) is 18.4 Å². The zero-order valence-corrected chi connectivity index (χ0v) is 12.8. The Morgan fingerprint density at radius 2 is 2.29 bits per heavy atom. The fourth-order valence-electron chi connectivity index (χ4n) is 3.24. The number of likely N-dealkylation sites (tertiary alicyclic amines) is 1. The smallest absolute Gasteiger partial charge is 0.335 e. The number of hydrogen-bond acceptors (Lipinski definition) is 6. The summed E-state index contributed by atoms with van der Waals surface area (Å²) in [6.45, 7) is 2.03. The lowest BCUT2D eigenvalue weighted by Crippen LogP contribution is -2.53. The molecule has 2 aliphatic heterocycles. The third-order valence-electron chi connectivity index (χ3n) is 4.27. The Morgan fingerprint density at radius 1 is 1.48 bits per heavy atom. The summed E-state index contributed by atoms with van der Waals surface area (Å²) in [4.78, 5) is 30.3. The van der Waals surface area contributed by atoms with Crippen molar-refractivity contribution in [1.29, 1.82) is 0 Å². The molecule has 1 amide bonds. The number of fused-ring (bicyclic) bond motifs is 1. The number of nitrogens with zero attached hydrogens (tertiary/aromatic N) is 2. The predicted octanol–water partition coefficient (Wildman–Crippen LogP) is 1.47. The van der Waals surface area contributed by atoms with Crippen LogP contribution in [0, 0.1) is 0 Å². The molecular formula is C14H18N2O4S. The fraction of sp³-hybridized carbons (Fsp3) is 0.643. The molecule has 0 radical (unpaired) electrons. The lowest BCUT2D eigenvalue weighted by atomic mass is 9.92. The first-order valence-electron chi connectivity index (χ1n) is 7.06. The van der Waals surface area contributed by atoms with Gasteiger partial charge in [-0.1, -0.05) is 0 Å². The molecule has 3 heterocycles. The second kappa shape index (κ2) is 5.73. The Morgan fingerprint density at radius 3 is 2.95 bits per heavy atom. The van der Waals surface area contributed by atoms with Crippen LogP contribution in [0.25, 0.3) is 0 Å². The molecule has 7 heteroatoms. The Bertz CT molecular complexity index is 533. The van der Waals surface area contributed by atoms with Gasteiger partial charge in [0.2, 0.25) is 0 Å². The van der Waals surface area contributed by atoms with E-state index >= 15 is 0 Å². The molecule has 0 aromatic carbocycles. The Kier molecular flexibility index (Phi) is 3.95. The van der Waals surface area contributed by atoms with Crippen molar-refractivity contribution in [1.82, 2.24) is 9.88 Å². The predicted molar refractivity (Wildman–Crippen MR) is 76.1 cm³/mol. The molecule has 2 saturated heterocycles. The normalized spacial score (nSPS) is 31.8. The number of carbonyl (C=O) groups is 2. The van der Waals surface area contributed by atoms with Crippen LogP contribution >= 0.6 is 11.3 Å². The number of carbonyl (C=O) groups excluding carboxylic acids is 2. The molecule has 0 unspecified atom stereocenters. The molecule has 4 atom stereocenters. The molecule has 0 saturated carbocycles. The SMILES string of the molecule is COC(=O)[C@@H]1C[C@@H]2[C@@H](CC[C@@H](C)N2C(=O)c2cscn2)O1. The summed E-state index contributed by atoms with van der Waals surface area (Å²) in [6.07, 6.45) is 1.57. The summed E-state index contributed by atoms with van der Waals surface area (Å²) in [7, 11) is 1.36. The minimum absolute atomic E-state index is 0.0763. The van der Waals surface area contributed by atoms with Crippen molar-refractivity contribution in [3.63, 3.8) is 0 Å². The third kappa shape index (κ3) is 2.55. The molecule has 1 aromatic heterocycles. The summed E-state index contributed by atoms with van der Waals surface area (Å²) in [5.74, 6) is -0.439. The molecule has 3 rings (SSSR count). The van der Waals surface area contributed by atoms with Crippen LogP contribution in [-0.2, 0) is 14.3 Å². The van der Waals surface area contributed by atoms with Gasteiger partial charge in [0.25, 0.3) is 5.91 Å². The average Bonchev–Trinajstić information content (AvgIpc) is 3.14. The number of amides is 1. The van der Waals surface area contributed by atoms with Crippen molar-refractivity contribution in [3.8, 4) is 0 Å². The van der Waals surface area contributed by atoms with E-state index in [1.807, 2.05) is 11.8 Å². The van der Waals surface area contributed by atoms with E-state index in [1.54, 1.807) is 10.9 Å². The maximum atomic E-state index is 12.7. The summed E-state index contributed by atoms with van der Waals surface area (Å²) in [6, 6.07) is 0.0486. The van der Waals surface area contributed by atoms with E-state index in [9.17, 15) is 9.59 Å². The van der Waals surface area contributed by atoms with Gasteiger partial charge >= 0.3 is 5.97 Å². The molecule has 0 bridgehead atoms. The van der Waals surface area contributed by atoms with Crippen LogP contribution in [0.15, 0.2) is 10.9 Å². The highest BCUT2D eigenvalue weighted by molar-refractivity contribution is 7.07. The van der Waals surface area contributed by atoms with Gasteiger partial charge in [-0.15, -0.1) is 11.3 Å². The van der Waals surface area contributed by atoms with Crippen LogP contribution in [0.3, 0.4) is 0 Å². The minimum Gasteiger partial charge on any atom is -0.467 e. The maximum Gasteiger partial charge on any atom is 0.335 e. The van der Waals surface area contributed by atoms with Crippen molar-refractivity contribution in [2.45, 2.75) is 50.5 Å². The molecule has 0 spiro atoms. The topological polar surface area (TPSA) is 68.7 Å². The minimum atomic E-state index is -0.568. The van der Waals surface area contributed by atoms with E-state index < -0.39 is 6.10 Å². The number of piperidine rings is 1. The molecule has 1 aromatic rings. The van der Waals surface area contributed by atoms with Gasteiger partial charge in [0.1, 0.15) is 5.69 Å². The van der Waals surface area contributed by atoms with Gasteiger partial charge in [-0.05, 0) is 19.8 Å². The number of aromatic nitrogens is 1. The quantitative estimate of drug-likeness (QED) is 0.774. The van der Waals surface area contributed by atoms with Crippen LogP contribution in [0.2, 0.25) is 0 Å². The molecular weight excluding hydrogens is 292 g/mol. The third-order valence-corrected chi connectivity index (χ3v) is 4.86. The van der Waals surface area contributed by atoms with E-state index in [4.69, 9.17) is 9.47 Å². The number of hydrogen-bond donors (Lipinski definition) is 0. The van der Waals surface area contributed by atoms with Gasteiger partial charge in [0.05, 0.1) is 24.8 Å². The van der Waals surface area contributed by atoms with Crippen LogP contribution < -0.4 is 0 Å². The number of ether oxygens (including phenoxy) is 2. The van der Waals surface area contributed by atoms with Crippen molar-refractivity contribution in [2.75, 3.05) is 7.11 Å². The highest BCUT2D eigenvalue weighted by Crippen LogP contribution is 2.36. The molecule has 2 fully saturated rings. The molecule has 0 N–H and O–H groups in total. The number of esters is 1. The first-order chi connectivity index (χ1) is 10.1. The molecule has 2 aliphatic rings. The van der Waals surface area contributed by atoms with Gasteiger partial charge in [0, 0.05) is 17.8 Å². The fourth-order valence-corrected chi connectivity index (χ4v) is 3.76. The standard InChI is InChI=1S/C14H18N2O4S/c1-8-3-4-11-10(5-12(20-11)14(18)19-2)16(8)13(17)9-6-21-7-15-9/h6-8,10-12H,3-5H2,1-2H3/t8-,10-,11-,12+/m1/s1. The molecule has 21 heavy (non-hydrogen) atoms. The van der Waals surface area contributed by atoms with E-state index in [0.717, 1.165) is 12.8 Å². The van der Waals surface area contributed by atoms with Crippen LogP contribution in [-0.4, -0.2) is 53.2 Å². The first-order valence-corrected chi connectivity index (χ1v) is 8.00. The lowest BCUT2D eigenvalue weighted by Gasteiger charge is -2.41. The summed E-state index contributed by atoms with van der Waals surface area (Å²) < 4.78 is 10.5. The molecule has 0 aliphatic carbocycles. The average molecular weight is 310 g/mol. The van der Waals surface area contributed by atoms with Crippen molar-refractivity contribution in [2.24, 2.45) is 0 Å². The van der Waals surface area contributed by atoms with Crippen molar-refractivity contribution < 1.29 is 19.1 Å². The van der Waals surface area contributed by atoms with Crippen molar-refractivity contribution in [3.05, 3.63) is 16.6 Å². The lowest BCUT2D eigenvalue weighted by molar-refractivity contribution is -0.153. The maximum absolute atomic E-state index is 12.7. The van der Waals surface area contributed by atoms with Gasteiger partial charge in [-0.3, -0.25) is 4.79 Å². The van der Waals surface area contributed by atoms with Crippen LogP contribution in [0.1, 0.15) is 36.7 Å². The Hall–Kier alpha value is -1.47. The first kappa shape index (κ1) is 14.5. The van der Waals surface area contributed by atoms with E-state index in [2.05, 4.69) is 4.98 Å². The van der Waals surface area contributed by atoms with Crippen molar-refractivity contribution >= 4 is 23.2 Å². The zero-order chi connectivity index (χ0) is 15.0. The van der Waals surface area contributed by atoms with E-state index in [-0.39, 0.29) is 30.1 Å².